The third kappa shape index (κ3) is 15.5. The van der Waals surface area contributed by atoms with Gasteiger partial charge in [-0.25, -0.2) is 0 Å². The molecule has 6 heteroatoms. The van der Waals surface area contributed by atoms with Crippen LogP contribution >= 0.6 is 0 Å². The quantitative estimate of drug-likeness (QED) is 0.197. The van der Waals surface area contributed by atoms with E-state index in [0.717, 1.165) is 30.6 Å². The highest BCUT2D eigenvalue weighted by molar-refractivity contribution is 4.87. The van der Waals surface area contributed by atoms with Gasteiger partial charge < -0.3 is 28.4 Å². The second kappa shape index (κ2) is 15.3. The molecule has 0 aromatic heterocycles. The van der Waals surface area contributed by atoms with Crippen molar-refractivity contribution >= 4 is 0 Å². The smallest absolute Gasteiger partial charge is 0.104 e. The zero-order valence-electron chi connectivity index (χ0n) is 16.5. The van der Waals surface area contributed by atoms with Gasteiger partial charge in [-0.2, -0.15) is 0 Å². The molecule has 0 bridgehead atoms. The zero-order chi connectivity index (χ0) is 19.0. The van der Waals surface area contributed by atoms with E-state index in [1.807, 2.05) is 13.8 Å². The summed E-state index contributed by atoms with van der Waals surface area (Å²) in [6, 6.07) is 0. The standard InChI is InChI=1S/C20H36O6/c1-17(2)5-7-21-9-11-23-13-19(25-15-20-16-26-20)14-24-12-10-22-8-6-18(3)4/h19-20H,1,3,5-16H2,2,4H3. The number of hydrogen-bond donors (Lipinski definition) is 0. The van der Waals surface area contributed by atoms with E-state index in [1.165, 1.54) is 0 Å². The Morgan fingerprint density at radius 2 is 1.31 bits per heavy atom. The predicted octanol–water partition coefficient (Wildman–Crippen LogP) is 2.77. The van der Waals surface area contributed by atoms with Gasteiger partial charge in [-0.3, -0.25) is 0 Å². The van der Waals surface area contributed by atoms with Crippen LogP contribution in [0, 0.1) is 0 Å². The molecule has 152 valence electrons. The maximum absolute atomic E-state index is 5.80. The van der Waals surface area contributed by atoms with Crippen LogP contribution in [0.4, 0.5) is 0 Å². The molecule has 1 atom stereocenters. The molecule has 1 fully saturated rings. The first kappa shape index (κ1) is 23.3. The van der Waals surface area contributed by atoms with Gasteiger partial charge in [0.05, 0.1) is 66.1 Å². The van der Waals surface area contributed by atoms with Crippen molar-refractivity contribution in [1.29, 1.82) is 0 Å². The van der Waals surface area contributed by atoms with Crippen LogP contribution in [-0.2, 0) is 28.4 Å². The molecule has 0 amide bonds. The van der Waals surface area contributed by atoms with Gasteiger partial charge in [0.2, 0.25) is 0 Å². The predicted molar refractivity (Wildman–Crippen MR) is 102 cm³/mol. The second-order valence-electron chi connectivity index (χ2n) is 6.70. The highest BCUT2D eigenvalue weighted by atomic mass is 16.6. The first-order valence-corrected chi connectivity index (χ1v) is 9.41. The molecule has 0 N–H and O–H groups in total. The molecule has 0 spiro atoms. The van der Waals surface area contributed by atoms with Crippen molar-refractivity contribution in [3.05, 3.63) is 24.3 Å². The minimum Gasteiger partial charge on any atom is -0.379 e. The van der Waals surface area contributed by atoms with Crippen LogP contribution in [-0.4, -0.2) is 78.3 Å². The van der Waals surface area contributed by atoms with Crippen LogP contribution in [0.1, 0.15) is 26.7 Å². The highest BCUT2D eigenvalue weighted by Crippen LogP contribution is 2.10. The number of epoxide rings is 1. The summed E-state index contributed by atoms with van der Waals surface area (Å²) in [5.74, 6) is 0. The van der Waals surface area contributed by atoms with Crippen molar-refractivity contribution in [3.63, 3.8) is 0 Å². The molecule has 1 saturated heterocycles. The second-order valence-corrected chi connectivity index (χ2v) is 6.70. The molecule has 1 rings (SSSR count). The Hall–Kier alpha value is -0.760. The minimum absolute atomic E-state index is 0.106. The highest BCUT2D eigenvalue weighted by Gasteiger charge is 2.24. The topological polar surface area (TPSA) is 58.7 Å². The van der Waals surface area contributed by atoms with Crippen LogP contribution in [0.15, 0.2) is 24.3 Å². The van der Waals surface area contributed by atoms with Crippen LogP contribution in [0.5, 0.6) is 0 Å². The van der Waals surface area contributed by atoms with Crippen molar-refractivity contribution in [2.45, 2.75) is 38.9 Å². The summed E-state index contributed by atoms with van der Waals surface area (Å²) >= 11 is 0. The molecule has 0 aliphatic carbocycles. The first-order chi connectivity index (χ1) is 12.6. The van der Waals surface area contributed by atoms with Crippen molar-refractivity contribution in [3.8, 4) is 0 Å². The average molecular weight is 373 g/mol. The van der Waals surface area contributed by atoms with E-state index in [9.17, 15) is 0 Å². The summed E-state index contributed by atoms with van der Waals surface area (Å²) in [5.41, 5.74) is 2.25. The molecular weight excluding hydrogens is 336 g/mol. The van der Waals surface area contributed by atoms with E-state index in [-0.39, 0.29) is 12.2 Å². The SMILES string of the molecule is C=C(C)CCOCCOCC(COCCOCCC(=C)C)OCC1CO1. The Kier molecular flexibility index (Phi) is 13.7. The third-order valence-corrected chi connectivity index (χ3v) is 3.62. The minimum atomic E-state index is -0.106. The lowest BCUT2D eigenvalue weighted by Gasteiger charge is -2.18. The van der Waals surface area contributed by atoms with Gasteiger partial charge in [0, 0.05) is 0 Å². The van der Waals surface area contributed by atoms with Gasteiger partial charge >= 0.3 is 0 Å². The van der Waals surface area contributed by atoms with Gasteiger partial charge in [0.1, 0.15) is 12.2 Å². The number of rotatable bonds is 19. The fourth-order valence-electron chi connectivity index (χ4n) is 1.91. The summed E-state index contributed by atoms with van der Waals surface area (Å²) in [7, 11) is 0. The molecule has 6 nitrogen and oxygen atoms in total. The van der Waals surface area contributed by atoms with Gasteiger partial charge in [0.25, 0.3) is 0 Å². The van der Waals surface area contributed by atoms with Gasteiger partial charge in [-0.1, -0.05) is 11.1 Å². The fraction of sp³-hybridized carbons (Fsp3) is 0.800. The largest absolute Gasteiger partial charge is 0.379 e. The molecule has 1 unspecified atom stereocenters. The third-order valence-electron chi connectivity index (χ3n) is 3.62. The van der Waals surface area contributed by atoms with E-state index >= 15 is 0 Å². The van der Waals surface area contributed by atoms with Crippen molar-refractivity contribution in [1.82, 2.24) is 0 Å². The van der Waals surface area contributed by atoms with Crippen LogP contribution in [0.2, 0.25) is 0 Å². The molecule has 0 aromatic carbocycles. The normalized spacial score (nSPS) is 16.2. The average Bonchev–Trinajstić information content (AvgIpc) is 3.40. The lowest BCUT2D eigenvalue weighted by atomic mass is 10.3. The van der Waals surface area contributed by atoms with Crippen LogP contribution < -0.4 is 0 Å². The van der Waals surface area contributed by atoms with E-state index < -0.39 is 0 Å². The van der Waals surface area contributed by atoms with Gasteiger partial charge in [-0.05, 0) is 26.7 Å². The Morgan fingerprint density at radius 3 is 1.73 bits per heavy atom. The Balaban J connectivity index is 2.02. The first-order valence-electron chi connectivity index (χ1n) is 9.41. The van der Waals surface area contributed by atoms with E-state index in [4.69, 9.17) is 28.4 Å². The molecule has 1 aliphatic heterocycles. The summed E-state index contributed by atoms with van der Waals surface area (Å²) in [6.45, 7) is 17.6. The monoisotopic (exact) mass is 372 g/mol. The van der Waals surface area contributed by atoms with E-state index in [0.29, 0.717) is 59.5 Å². The molecule has 26 heavy (non-hydrogen) atoms. The van der Waals surface area contributed by atoms with Crippen LogP contribution in [0.25, 0.3) is 0 Å². The molecular formula is C20H36O6. The van der Waals surface area contributed by atoms with Gasteiger partial charge in [0.15, 0.2) is 0 Å². The Labute approximate surface area is 158 Å². The summed E-state index contributed by atoms with van der Waals surface area (Å²) in [4.78, 5) is 0. The maximum Gasteiger partial charge on any atom is 0.104 e. The Bertz CT molecular complexity index is 352. The number of hydrogen-bond acceptors (Lipinski definition) is 6. The molecule has 1 heterocycles. The molecule has 0 aromatic rings. The zero-order valence-corrected chi connectivity index (χ0v) is 16.5. The van der Waals surface area contributed by atoms with E-state index in [2.05, 4.69) is 13.2 Å². The molecule has 0 saturated carbocycles. The lowest BCUT2D eigenvalue weighted by Crippen LogP contribution is -2.28. The lowest BCUT2D eigenvalue weighted by molar-refractivity contribution is -0.0752. The summed E-state index contributed by atoms with van der Waals surface area (Å²) < 4.78 is 33.2. The maximum atomic E-state index is 5.80. The van der Waals surface area contributed by atoms with Crippen LogP contribution in [0.3, 0.4) is 0 Å². The van der Waals surface area contributed by atoms with E-state index in [1.54, 1.807) is 0 Å². The van der Waals surface area contributed by atoms with Crippen molar-refractivity contribution in [2.24, 2.45) is 0 Å². The van der Waals surface area contributed by atoms with Crippen molar-refractivity contribution < 1.29 is 28.4 Å². The van der Waals surface area contributed by atoms with Gasteiger partial charge in [-0.15, -0.1) is 13.2 Å². The molecule has 0 radical (unpaired) electrons. The van der Waals surface area contributed by atoms with Crippen molar-refractivity contribution in [2.75, 3.05) is 66.1 Å². The summed E-state index contributed by atoms with van der Waals surface area (Å²) in [6.07, 6.45) is 1.89. The molecule has 1 aliphatic rings. The fourth-order valence-corrected chi connectivity index (χ4v) is 1.91. The summed E-state index contributed by atoms with van der Waals surface area (Å²) in [5, 5.41) is 0. The Morgan fingerprint density at radius 1 is 0.846 bits per heavy atom. The number of ether oxygens (including phenoxy) is 6.